The van der Waals surface area contributed by atoms with Crippen molar-refractivity contribution in [3.8, 4) is 0 Å². The lowest BCUT2D eigenvalue weighted by Crippen LogP contribution is -2.00. The second-order valence-corrected chi connectivity index (χ2v) is 5.70. The van der Waals surface area contributed by atoms with Crippen LogP contribution in [0.4, 0.5) is 4.39 Å². The SMILES string of the molecule is Cc1ccc(SCc2ccc(F)c(CN)c2)c(C)c1. The van der Waals surface area contributed by atoms with Crippen LogP contribution in [0.25, 0.3) is 0 Å². The smallest absolute Gasteiger partial charge is 0.127 e. The van der Waals surface area contributed by atoms with Crippen molar-refractivity contribution in [3.05, 3.63) is 64.5 Å². The van der Waals surface area contributed by atoms with Gasteiger partial charge >= 0.3 is 0 Å². The second-order valence-electron chi connectivity index (χ2n) is 4.69. The van der Waals surface area contributed by atoms with E-state index in [-0.39, 0.29) is 12.4 Å². The third kappa shape index (κ3) is 3.58. The molecule has 0 aromatic heterocycles. The number of benzene rings is 2. The third-order valence-corrected chi connectivity index (χ3v) is 4.30. The zero-order valence-corrected chi connectivity index (χ0v) is 12.1. The van der Waals surface area contributed by atoms with Gasteiger partial charge in [0.05, 0.1) is 0 Å². The topological polar surface area (TPSA) is 26.0 Å². The van der Waals surface area contributed by atoms with Crippen molar-refractivity contribution in [1.29, 1.82) is 0 Å². The van der Waals surface area contributed by atoms with Crippen LogP contribution >= 0.6 is 11.8 Å². The Bertz CT molecular complexity index is 581. The van der Waals surface area contributed by atoms with Gasteiger partial charge in [0.1, 0.15) is 5.82 Å². The van der Waals surface area contributed by atoms with E-state index in [1.807, 2.05) is 12.1 Å². The molecule has 2 aromatic carbocycles. The van der Waals surface area contributed by atoms with Crippen molar-refractivity contribution in [2.45, 2.75) is 31.0 Å². The quantitative estimate of drug-likeness (QED) is 0.847. The molecule has 19 heavy (non-hydrogen) atoms. The van der Waals surface area contributed by atoms with Crippen LogP contribution in [0.5, 0.6) is 0 Å². The first-order chi connectivity index (χ1) is 9.10. The fraction of sp³-hybridized carbons (Fsp3) is 0.250. The van der Waals surface area contributed by atoms with Crippen molar-refractivity contribution >= 4 is 11.8 Å². The molecule has 3 heteroatoms. The molecule has 0 atom stereocenters. The molecule has 0 fully saturated rings. The Balaban J connectivity index is 2.10. The fourth-order valence-corrected chi connectivity index (χ4v) is 2.95. The van der Waals surface area contributed by atoms with Gasteiger partial charge in [-0.05, 0) is 37.1 Å². The minimum absolute atomic E-state index is 0.220. The first-order valence-corrected chi connectivity index (χ1v) is 7.26. The van der Waals surface area contributed by atoms with Crippen molar-refractivity contribution in [3.63, 3.8) is 0 Å². The standard InChI is InChI=1S/C16H18FNS/c1-11-3-6-16(12(2)7-11)19-10-13-4-5-15(17)14(8-13)9-18/h3-8H,9-10,18H2,1-2H3. The van der Waals surface area contributed by atoms with Gasteiger partial charge in [-0.1, -0.05) is 29.8 Å². The summed E-state index contributed by atoms with van der Waals surface area (Å²) in [4.78, 5) is 1.27. The highest BCUT2D eigenvalue weighted by atomic mass is 32.2. The Morgan fingerprint density at radius 2 is 1.89 bits per heavy atom. The summed E-state index contributed by atoms with van der Waals surface area (Å²) >= 11 is 1.77. The van der Waals surface area contributed by atoms with Gasteiger partial charge < -0.3 is 5.73 Å². The number of hydrogen-bond donors (Lipinski definition) is 1. The molecule has 0 spiro atoms. The molecule has 0 saturated carbocycles. The van der Waals surface area contributed by atoms with Crippen LogP contribution in [0, 0.1) is 19.7 Å². The molecule has 2 N–H and O–H groups in total. The number of aryl methyl sites for hydroxylation is 2. The molecule has 1 nitrogen and oxygen atoms in total. The lowest BCUT2D eigenvalue weighted by atomic mass is 10.1. The van der Waals surface area contributed by atoms with Crippen LogP contribution in [-0.4, -0.2) is 0 Å². The molecule has 2 aromatic rings. The molecule has 100 valence electrons. The van der Waals surface area contributed by atoms with Gasteiger partial charge in [-0.25, -0.2) is 4.39 Å². The normalized spacial score (nSPS) is 10.7. The number of nitrogens with two attached hydrogens (primary N) is 1. The van der Waals surface area contributed by atoms with Crippen LogP contribution in [0.2, 0.25) is 0 Å². The molecule has 0 aliphatic heterocycles. The fourth-order valence-electron chi connectivity index (χ4n) is 2.00. The van der Waals surface area contributed by atoms with Gasteiger partial charge in [-0.2, -0.15) is 0 Å². The maximum Gasteiger partial charge on any atom is 0.127 e. The zero-order chi connectivity index (χ0) is 13.8. The summed E-state index contributed by atoms with van der Waals surface area (Å²) in [5.41, 5.74) is 9.76. The van der Waals surface area contributed by atoms with Crippen LogP contribution in [0.3, 0.4) is 0 Å². The molecule has 2 rings (SSSR count). The lowest BCUT2D eigenvalue weighted by Gasteiger charge is -2.08. The van der Waals surface area contributed by atoms with Crippen LogP contribution < -0.4 is 5.73 Å². The van der Waals surface area contributed by atoms with Gasteiger partial charge in [0.2, 0.25) is 0 Å². The Morgan fingerprint density at radius 3 is 2.58 bits per heavy atom. The number of hydrogen-bond acceptors (Lipinski definition) is 2. The van der Waals surface area contributed by atoms with E-state index in [0.29, 0.717) is 5.56 Å². The molecular formula is C16H18FNS. The van der Waals surface area contributed by atoms with Crippen molar-refractivity contribution in [2.75, 3.05) is 0 Å². The lowest BCUT2D eigenvalue weighted by molar-refractivity contribution is 0.610. The molecule has 0 aliphatic rings. The Labute approximate surface area is 118 Å². The van der Waals surface area contributed by atoms with Crippen molar-refractivity contribution < 1.29 is 4.39 Å². The van der Waals surface area contributed by atoms with E-state index in [0.717, 1.165) is 11.3 Å². The van der Waals surface area contributed by atoms with Crippen LogP contribution in [0.15, 0.2) is 41.3 Å². The molecule has 0 unspecified atom stereocenters. The molecule has 0 aliphatic carbocycles. The minimum atomic E-state index is -0.220. The number of rotatable bonds is 4. The Hall–Kier alpha value is -1.32. The summed E-state index contributed by atoms with van der Waals surface area (Å²) in [6.45, 7) is 4.45. The van der Waals surface area contributed by atoms with E-state index >= 15 is 0 Å². The van der Waals surface area contributed by atoms with E-state index in [1.54, 1.807) is 11.8 Å². The van der Waals surface area contributed by atoms with Crippen molar-refractivity contribution in [2.24, 2.45) is 5.73 Å². The van der Waals surface area contributed by atoms with Gasteiger partial charge in [-0.3, -0.25) is 0 Å². The minimum Gasteiger partial charge on any atom is -0.326 e. The summed E-state index contributed by atoms with van der Waals surface area (Å²) < 4.78 is 13.4. The summed E-state index contributed by atoms with van der Waals surface area (Å²) in [7, 11) is 0. The molecule has 0 amide bonds. The molecule has 0 radical (unpaired) electrons. The van der Waals surface area contributed by atoms with Crippen LogP contribution in [0.1, 0.15) is 22.3 Å². The predicted molar refractivity (Wildman–Crippen MR) is 79.8 cm³/mol. The average molecular weight is 275 g/mol. The number of halogens is 1. The zero-order valence-electron chi connectivity index (χ0n) is 11.2. The highest BCUT2D eigenvalue weighted by molar-refractivity contribution is 7.98. The highest BCUT2D eigenvalue weighted by Gasteiger charge is 2.04. The highest BCUT2D eigenvalue weighted by Crippen LogP contribution is 2.27. The summed E-state index contributed by atoms with van der Waals surface area (Å²) in [6.07, 6.45) is 0. The monoisotopic (exact) mass is 275 g/mol. The van der Waals surface area contributed by atoms with Gasteiger partial charge in [0, 0.05) is 22.8 Å². The summed E-state index contributed by atoms with van der Waals surface area (Å²) in [6, 6.07) is 11.6. The van der Waals surface area contributed by atoms with E-state index in [1.165, 1.54) is 22.1 Å². The molecular weight excluding hydrogens is 257 g/mol. The maximum absolute atomic E-state index is 13.4. The van der Waals surface area contributed by atoms with E-state index in [2.05, 4.69) is 32.0 Å². The van der Waals surface area contributed by atoms with Gasteiger partial charge in [-0.15, -0.1) is 11.8 Å². The summed E-state index contributed by atoms with van der Waals surface area (Å²) in [5.74, 6) is 0.611. The Morgan fingerprint density at radius 1 is 1.11 bits per heavy atom. The third-order valence-electron chi connectivity index (χ3n) is 3.05. The van der Waals surface area contributed by atoms with Crippen molar-refractivity contribution in [1.82, 2.24) is 0 Å². The largest absolute Gasteiger partial charge is 0.326 e. The molecule has 0 saturated heterocycles. The van der Waals surface area contributed by atoms with E-state index in [4.69, 9.17) is 5.73 Å². The Kier molecular flexibility index (Phi) is 4.61. The van der Waals surface area contributed by atoms with Gasteiger partial charge in [0.25, 0.3) is 0 Å². The first-order valence-electron chi connectivity index (χ1n) is 6.27. The van der Waals surface area contributed by atoms with Gasteiger partial charge in [0.15, 0.2) is 0 Å². The number of thioether (sulfide) groups is 1. The maximum atomic E-state index is 13.4. The molecule has 0 heterocycles. The summed E-state index contributed by atoms with van der Waals surface area (Å²) in [5, 5.41) is 0. The van der Waals surface area contributed by atoms with E-state index in [9.17, 15) is 4.39 Å². The van der Waals surface area contributed by atoms with Crippen LogP contribution in [-0.2, 0) is 12.3 Å². The van der Waals surface area contributed by atoms with E-state index < -0.39 is 0 Å². The molecule has 0 bridgehead atoms. The average Bonchev–Trinajstić information content (AvgIpc) is 2.39. The second kappa shape index (κ2) is 6.22. The first kappa shape index (κ1) is 14.1. The predicted octanol–water partition coefficient (Wildman–Crippen LogP) is 4.19.